The molecule has 3 fully saturated rings. The number of benzene rings is 1. The number of rotatable bonds is 7. The average Bonchev–Trinajstić information content (AvgIpc) is 3.65. The second-order valence-corrected chi connectivity index (χ2v) is 10.9. The third kappa shape index (κ3) is 3.93. The molecule has 1 saturated carbocycles. The molecule has 4 aromatic rings. The number of tetrazole rings is 1. The Labute approximate surface area is 213 Å². The summed E-state index contributed by atoms with van der Waals surface area (Å²) in [6, 6.07) is 8.13. The third-order valence-electron chi connectivity index (χ3n) is 8.21. The number of nitrogens with two attached hydrogens (primary N) is 1. The Hall–Kier alpha value is -3.57. The van der Waals surface area contributed by atoms with Crippen molar-refractivity contribution in [3.05, 3.63) is 42.6 Å². The van der Waals surface area contributed by atoms with E-state index in [1.807, 2.05) is 24.3 Å². The molecular weight excluding hydrogens is 472 g/mol. The summed E-state index contributed by atoms with van der Waals surface area (Å²) in [6.07, 6.45) is 9.85. The van der Waals surface area contributed by atoms with Gasteiger partial charge in [-0.15, -0.1) is 10.2 Å². The van der Waals surface area contributed by atoms with Crippen LogP contribution in [0.3, 0.4) is 0 Å². The minimum atomic E-state index is -0.877. The molecule has 192 valence electrons. The number of hydrogen-bond acceptors (Lipinski definition) is 9. The van der Waals surface area contributed by atoms with Gasteiger partial charge >= 0.3 is 0 Å². The molecule has 0 atom stereocenters. The van der Waals surface area contributed by atoms with Crippen LogP contribution in [0.1, 0.15) is 50.4 Å². The molecule has 1 aliphatic carbocycles. The topological polar surface area (TPSA) is 139 Å². The van der Waals surface area contributed by atoms with E-state index in [1.165, 1.54) is 11.1 Å². The van der Waals surface area contributed by atoms with Crippen molar-refractivity contribution in [1.82, 2.24) is 34.7 Å². The van der Waals surface area contributed by atoms with Crippen molar-refractivity contribution in [3.63, 3.8) is 0 Å². The first-order valence-corrected chi connectivity index (χ1v) is 12.9. The van der Waals surface area contributed by atoms with Gasteiger partial charge in [-0.2, -0.15) is 4.80 Å². The number of anilines is 1. The van der Waals surface area contributed by atoms with Crippen LogP contribution in [0.5, 0.6) is 5.75 Å². The first kappa shape index (κ1) is 22.6. The standard InChI is InChI=1S/C26H30N8O3/c1-33-31-21(30-32-33)12-25(35)10-17(11-25)34-13-20(22-23(27)28-15-29-24(22)34)16-3-2-4-19(9-16)36-14-26-7-5-18(37-26)6-8-26/h2-4,9,13,15,17-18,35H,5-8,10-12,14H2,1H3,(H2,27,28,29). The molecule has 37 heavy (non-hydrogen) atoms. The zero-order valence-corrected chi connectivity index (χ0v) is 20.7. The fourth-order valence-corrected chi connectivity index (χ4v) is 6.31. The number of aryl methyl sites for hydroxylation is 1. The van der Waals surface area contributed by atoms with Gasteiger partial charge in [0.15, 0.2) is 5.82 Å². The average molecular weight is 503 g/mol. The summed E-state index contributed by atoms with van der Waals surface area (Å²) >= 11 is 0. The lowest BCUT2D eigenvalue weighted by atomic mass is 9.73. The van der Waals surface area contributed by atoms with Crippen LogP contribution in [0, 0.1) is 0 Å². The van der Waals surface area contributed by atoms with Gasteiger partial charge < -0.3 is 24.9 Å². The molecule has 2 saturated heterocycles. The Morgan fingerprint density at radius 1 is 1.22 bits per heavy atom. The summed E-state index contributed by atoms with van der Waals surface area (Å²) in [4.78, 5) is 10.2. The van der Waals surface area contributed by atoms with Gasteiger partial charge in [0.2, 0.25) is 0 Å². The summed E-state index contributed by atoms with van der Waals surface area (Å²) in [7, 11) is 1.72. The van der Waals surface area contributed by atoms with E-state index in [0.29, 0.717) is 43.6 Å². The fourth-order valence-electron chi connectivity index (χ4n) is 6.31. The largest absolute Gasteiger partial charge is 0.491 e. The van der Waals surface area contributed by atoms with Gasteiger partial charge in [0.05, 0.1) is 24.1 Å². The number of nitrogens with zero attached hydrogens (tertiary/aromatic N) is 7. The van der Waals surface area contributed by atoms with Crippen molar-refractivity contribution in [1.29, 1.82) is 0 Å². The molecule has 5 heterocycles. The number of ether oxygens (including phenoxy) is 2. The third-order valence-corrected chi connectivity index (χ3v) is 8.21. The zero-order chi connectivity index (χ0) is 25.2. The van der Waals surface area contributed by atoms with E-state index in [2.05, 4.69) is 36.1 Å². The van der Waals surface area contributed by atoms with Crippen LogP contribution in [-0.2, 0) is 18.2 Å². The van der Waals surface area contributed by atoms with Gasteiger partial charge in [0, 0.05) is 24.2 Å². The predicted octanol–water partition coefficient (Wildman–Crippen LogP) is 2.60. The summed E-state index contributed by atoms with van der Waals surface area (Å²) in [5.41, 5.74) is 8.04. The second kappa shape index (κ2) is 8.22. The SMILES string of the molecule is Cn1nnc(CC2(O)CC(n3cc(-c4cccc(OCC56CCC(CC5)O6)c4)c4c(N)ncnc43)C2)n1. The first-order chi connectivity index (χ1) is 17.9. The Morgan fingerprint density at radius 3 is 2.78 bits per heavy atom. The van der Waals surface area contributed by atoms with Crippen molar-refractivity contribution < 1.29 is 14.6 Å². The van der Waals surface area contributed by atoms with E-state index < -0.39 is 5.60 Å². The number of fused-ring (bicyclic) bond motifs is 3. The Balaban J connectivity index is 1.15. The van der Waals surface area contributed by atoms with Crippen LogP contribution >= 0.6 is 0 Å². The number of aliphatic hydroxyl groups is 1. The lowest BCUT2D eigenvalue weighted by molar-refractivity contribution is -0.0669. The number of aromatic nitrogens is 7. The summed E-state index contributed by atoms with van der Waals surface area (Å²) in [5, 5.41) is 24.0. The molecular formula is C26H30N8O3. The summed E-state index contributed by atoms with van der Waals surface area (Å²) in [6.45, 7) is 0.571. The molecule has 3 aromatic heterocycles. The summed E-state index contributed by atoms with van der Waals surface area (Å²) < 4.78 is 14.5. The highest BCUT2D eigenvalue weighted by Crippen LogP contribution is 2.47. The number of nitrogen functional groups attached to an aromatic ring is 1. The van der Waals surface area contributed by atoms with Gasteiger partial charge in [-0.05, 0) is 61.4 Å². The molecule has 11 nitrogen and oxygen atoms in total. The number of hydrogen-bond donors (Lipinski definition) is 2. The lowest BCUT2D eigenvalue weighted by Gasteiger charge is -2.43. The molecule has 0 spiro atoms. The molecule has 11 heteroatoms. The fraction of sp³-hybridized carbons (Fsp3) is 0.500. The van der Waals surface area contributed by atoms with Crippen molar-refractivity contribution in [2.75, 3.05) is 12.3 Å². The van der Waals surface area contributed by atoms with Gasteiger partial charge in [0.1, 0.15) is 35.7 Å². The van der Waals surface area contributed by atoms with Crippen molar-refractivity contribution in [3.8, 4) is 16.9 Å². The van der Waals surface area contributed by atoms with Crippen LogP contribution in [0.4, 0.5) is 5.82 Å². The molecule has 0 amide bonds. The second-order valence-electron chi connectivity index (χ2n) is 10.9. The monoisotopic (exact) mass is 502 g/mol. The van der Waals surface area contributed by atoms with Crippen LogP contribution in [-0.4, -0.2) is 63.8 Å². The van der Waals surface area contributed by atoms with Gasteiger partial charge in [-0.25, -0.2) is 9.97 Å². The van der Waals surface area contributed by atoms with Crippen molar-refractivity contribution >= 4 is 16.9 Å². The van der Waals surface area contributed by atoms with Gasteiger partial charge in [-0.3, -0.25) is 0 Å². The highest BCUT2D eigenvalue weighted by Gasteiger charge is 2.47. The molecule has 3 N–H and O–H groups in total. The molecule has 0 radical (unpaired) electrons. The lowest BCUT2D eigenvalue weighted by Crippen LogP contribution is -2.46. The van der Waals surface area contributed by atoms with E-state index in [9.17, 15) is 5.11 Å². The zero-order valence-electron chi connectivity index (χ0n) is 20.7. The summed E-state index contributed by atoms with van der Waals surface area (Å²) in [5.74, 6) is 1.77. The smallest absolute Gasteiger partial charge is 0.177 e. The minimum Gasteiger partial charge on any atom is -0.491 e. The van der Waals surface area contributed by atoms with E-state index in [-0.39, 0.29) is 11.6 Å². The first-order valence-electron chi connectivity index (χ1n) is 12.9. The highest BCUT2D eigenvalue weighted by molar-refractivity contribution is 6.00. The minimum absolute atomic E-state index is 0.0700. The van der Waals surface area contributed by atoms with Crippen LogP contribution in [0.15, 0.2) is 36.8 Å². The van der Waals surface area contributed by atoms with Crippen LogP contribution < -0.4 is 10.5 Å². The molecule has 0 unspecified atom stereocenters. The molecule has 1 aromatic carbocycles. The Bertz CT molecular complexity index is 1470. The Morgan fingerprint density at radius 2 is 2.05 bits per heavy atom. The van der Waals surface area contributed by atoms with Gasteiger partial charge in [-0.1, -0.05) is 12.1 Å². The van der Waals surface area contributed by atoms with Gasteiger partial charge in [0.25, 0.3) is 0 Å². The van der Waals surface area contributed by atoms with E-state index in [1.54, 1.807) is 7.05 Å². The van der Waals surface area contributed by atoms with Crippen LogP contribution in [0.25, 0.3) is 22.2 Å². The van der Waals surface area contributed by atoms with Crippen molar-refractivity contribution in [2.45, 2.75) is 68.3 Å². The van der Waals surface area contributed by atoms with Crippen molar-refractivity contribution in [2.24, 2.45) is 7.05 Å². The van der Waals surface area contributed by atoms with E-state index in [0.717, 1.165) is 53.6 Å². The molecule has 2 bridgehead atoms. The normalized spacial score (nSPS) is 28.6. The maximum Gasteiger partial charge on any atom is 0.177 e. The maximum atomic E-state index is 11.1. The molecule has 3 aliphatic rings. The van der Waals surface area contributed by atoms with Crippen LogP contribution in [0.2, 0.25) is 0 Å². The molecule has 2 aliphatic heterocycles. The van der Waals surface area contributed by atoms with E-state index >= 15 is 0 Å². The quantitative estimate of drug-likeness (QED) is 0.390. The molecule has 7 rings (SSSR count). The Kier molecular flexibility index (Phi) is 5.02. The van der Waals surface area contributed by atoms with E-state index in [4.69, 9.17) is 15.2 Å². The maximum absolute atomic E-state index is 11.1. The predicted molar refractivity (Wildman–Crippen MR) is 135 cm³/mol. The highest BCUT2D eigenvalue weighted by atomic mass is 16.6.